The molecule has 8 nitrogen and oxygen atoms in total. The maximum absolute atomic E-state index is 12.6. The monoisotopic (exact) mass is 494 g/mol. The molecule has 0 unspecified atom stereocenters. The number of benzene rings is 1. The number of thiophene rings is 1. The molecule has 0 aliphatic carbocycles. The summed E-state index contributed by atoms with van der Waals surface area (Å²) in [5.41, 5.74) is 0.466. The van der Waals surface area contributed by atoms with Crippen LogP contribution in [0.2, 0.25) is 4.34 Å². The highest BCUT2D eigenvalue weighted by Crippen LogP contribution is 2.27. The molecule has 1 aromatic carbocycles. The summed E-state index contributed by atoms with van der Waals surface area (Å²) >= 11 is 7.64. The number of sulfonamides is 1. The Kier molecular flexibility index (Phi) is 6.20. The molecule has 2 aromatic heterocycles. The summed E-state index contributed by atoms with van der Waals surface area (Å²) in [6.45, 7) is 1.55. The average molecular weight is 495 g/mol. The first-order chi connectivity index (χ1) is 13.5. The lowest BCUT2D eigenvalue weighted by Crippen LogP contribution is -2.23. The van der Waals surface area contributed by atoms with E-state index in [-0.39, 0.29) is 27.1 Å². The van der Waals surface area contributed by atoms with Gasteiger partial charge < -0.3 is 9.30 Å². The van der Waals surface area contributed by atoms with Gasteiger partial charge in [-0.25, -0.2) is 8.42 Å². The van der Waals surface area contributed by atoms with Crippen LogP contribution in [0, 0.1) is 0 Å². The number of halogens is 1. The molecule has 0 aliphatic rings. The number of ether oxygens (including phenoxy) is 1. The summed E-state index contributed by atoms with van der Waals surface area (Å²) in [7, 11) is -7.53. The first kappa shape index (κ1) is 22.0. The second-order valence-electron chi connectivity index (χ2n) is 5.80. The molecule has 0 spiro atoms. The standard InChI is InChI=1S/C16H15ClN2O6S4/c1-3-25-14(20)9-19-11-5-4-10(28(2,21)22)8-12(11)26-16(19)18-29(23,24)15-7-6-13(17)27-15/h4-8H,3,9H2,1-2H3. The fourth-order valence-electron chi connectivity index (χ4n) is 2.43. The van der Waals surface area contributed by atoms with E-state index in [2.05, 4.69) is 4.40 Å². The lowest BCUT2D eigenvalue weighted by Gasteiger charge is -2.05. The van der Waals surface area contributed by atoms with Crippen LogP contribution >= 0.6 is 34.3 Å². The van der Waals surface area contributed by atoms with Crippen LogP contribution in [0.25, 0.3) is 10.2 Å². The van der Waals surface area contributed by atoms with Crippen molar-refractivity contribution in [3.05, 3.63) is 39.5 Å². The van der Waals surface area contributed by atoms with Gasteiger partial charge in [-0.3, -0.25) is 4.79 Å². The minimum Gasteiger partial charge on any atom is -0.465 e. The molecule has 13 heteroatoms. The molecular weight excluding hydrogens is 480 g/mol. The van der Waals surface area contributed by atoms with E-state index < -0.39 is 25.8 Å². The van der Waals surface area contributed by atoms with E-state index in [1.807, 2.05) is 0 Å². The summed E-state index contributed by atoms with van der Waals surface area (Å²) in [5, 5.41) is 0. The first-order valence-electron chi connectivity index (χ1n) is 8.06. The molecule has 0 atom stereocenters. The number of aromatic nitrogens is 1. The SMILES string of the molecule is CCOC(=O)Cn1c(=NS(=O)(=O)c2ccc(Cl)s2)sc2cc(S(C)(=O)=O)ccc21. The van der Waals surface area contributed by atoms with Gasteiger partial charge in [0.25, 0.3) is 10.0 Å². The average Bonchev–Trinajstić information content (AvgIpc) is 3.18. The van der Waals surface area contributed by atoms with Crippen molar-refractivity contribution in [2.75, 3.05) is 12.9 Å². The van der Waals surface area contributed by atoms with Crippen molar-refractivity contribution in [3.8, 4) is 0 Å². The van der Waals surface area contributed by atoms with Crippen molar-refractivity contribution in [2.24, 2.45) is 4.40 Å². The highest BCUT2D eigenvalue weighted by Gasteiger charge is 2.19. The van der Waals surface area contributed by atoms with Gasteiger partial charge >= 0.3 is 5.97 Å². The minimum atomic E-state index is -4.07. The lowest BCUT2D eigenvalue weighted by molar-refractivity contribution is -0.143. The smallest absolute Gasteiger partial charge is 0.326 e. The van der Waals surface area contributed by atoms with E-state index in [9.17, 15) is 21.6 Å². The third-order valence-electron chi connectivity index (χ3n) is 3.68. The molecular formula is C16H15ClN2O6S4. The molecule has 0 amide bonds. The molecule has 156 valence electrons. The summed E-state index contributed by atoms with van der Waals surface area (Å²) in [6.07, 6.45) is 1.07. The van der Waals surface area contributed by atoms with Crippen LogP contribution in [0.15, 0.2) is 43.8 Å². The fraction of sp³-hybridized carbons (Fsp3) is 0.250. The highest BCUT2D eigenvalue weighted by molar-refractivity contribution is 7.92. The van der Waals surface area contributed by atoms with Crippen molar-refractivity contribution in [3.63, 3.8) is 0 Å². The zero-order chi connectivity index (χ0) is 21.4. The molecule has 0 bridgehead atoms. The summed E-state index contributed by atoms with van der Waals surface area (Å²) in [4.78, 5) is 12.1. The molecule has 0 aliphatic heterocycles. The second-order valence-corrected chi connectivity index (χ2v) is 12.4. The number of rotatable bonds is 6. The Bertz CT molecular complexity index is 1370. The Labute approximate surface area is 180 Å². The Morgan fingerprint density at radius 1 is 1.17 bits per heavy atom. The summed E-state index contributed by atoms with van der Waals surface area (Å²) < 4.78 is 59.9. The van der Waals surface area contributed by atoms with E-state index in [1.54, 1.807) is 6.92 Å². The molecule has 0 saturated carbocycles. The van der Waals surface area contributed by atoms with Crippen molar-refractivity contribution in [2.45, 2.75) is 22.6 Å². The van der Waals surface area contributed by atoms with Crippen LogP contribution < -0.4 is 4.80 Å². The van der Waals surface area contributed by atoms with Crippen LogP contribution in [0.4, 0.5) is 0 Å². The lowest BCUT2D eigenvalue weighted by atomic mass is 10.3. The van der Waals surface area contributed by atoms with E-state index in [0.29, 0.717) is 14.6 Å². The Hall–Kier alpha value is -1.73. The molecule has 0 fully saturated rings. The summed E-state index contributed by atoms with van der Waals surface area (Å²) in [5.74, 6) is -0.572. The maximum atomic E-state index is 12.6. The van der Waals surface area contributed by atoms with Gasteiger partial charge in [-0.2, -0.15) is 8.42 Å². The van der Waals surface area contributed by atoms with Gasteiger partial charge in [-0.15, -0.1) is 15.7 Å². The molecule has 29 heavy (non-hydrogen) atoms. The van der Waals surface area contributed by atoms with Crippen LogP contribution in [-0.4, -0.2) is 40.2 Å². The predicted octanol–water partition coefficient (Wildman–Crippen LogP) is 2.67. The van der Waals surface area contributed by atoms with Gasteiger partial charge in [0.15, 0.2) is 9.84 Å². The molecule has 2 heterocycles. The van der Waals surface area contributed by atoms with Crippen LogP contribution in [0.1, 0.15) is 6.92 Å². The second kappa shape index (κ2) is 8.19. The highest BCUT2D eigenvalue weighted by atomic mass is 35.5. The van der Waals surface area contributed by atoms with Crippen LogP contribution in [0.5, 0.6) is 0 Å². The van der Waals surface area contributed by atoms with Crippen molar-refractivity contribution < 1.29 is 26.4 Å². The van der Waals surface area contributed by atoms with E-state index in [4.69, 9.17) is 16.3 Å². The van der Waals surface area contributed by atoms with Crippen LogP contribution in [-0.2, 0) is 35.9 Å². The third kappa shape index (κ3) is 4.89. The van der Waals surface area contributed by atoms with E-state index in [0.717, 1.165) is 28.9 Å². The van der Waals surface area contributed by atoms with Gasteiger partial charge in [-0.1, -0.05) is 22.9 Å². The quantitative estimate of drug-likeness (QED) is 0.487. The van der Waals surface area contributed by atoms with E-state index in [1.165, 1.54) is 34.9 Å². The molecule has 0 N–H and O–H groups in total. The van der Waals surface area contributed by atoms with Crippen molar-refractivity contribution in [1.82, 2.24) is 4.57 Å². The number of nitrogens with zero attached hydrogens (tertiary/aromatic N) is 2. The molecule has 3 rings (SSSR count). The Morgan fingerprint density at radius 3 is 2.48 bits per heavy atom. The predicted molar refractivity (Wildman–Crippen MR) is 112 cm³/mol. The Morgan fingerprint density at radius 2 is 1.90 bits per heavy atom. The van der Waals surface area contributed by atoms with Crippen molar-refractivity contribution in [1.29, 1.82) is 0 Å². The first-order valence-corrected chi connectivity index (χ1v) is 13.4. The van der Waals surface area contributed by atoms with Crippen molar-refractivity contribution >= 4 is 70.3 Å². The minimum absolute atomic E-state index is 0.0169. The van der Waals surface area contributed by atoms with Gasteiger partial charge in [-0.05, 0) is 37.3 Å². The van der Waals surface area contributed by atoms with Gasteiger partial charge in [0.05, 0.1) is 26.1 Å². The van der Waals surface area contributed by atoms with Gasteiger partial charge in [0.1, 0.15) is 10.8 Å². The maximum Gasteiger partial charge on any atom is 0.326 e. The van der Waals surface area contributed by atoms with E-state index >= 15 is 0 Å². The zero-order valence-corrected chi connectivity index (χ0v) is 19.2. The zero-order valence-electron chi connectivity index (χ0n) is 15.2. The number of hydrogen-bond donors (Lipinski definition) is 0. The molecule has 0 radical (unpaired) electrons. The third-order valence-corrected chi connectivity index (χ3v) is 8.91. The number of esters is 1. The molecule has 3 aromatic rings. The molecule has 0 saturated heterocycles. The Balaban J connectivity index is 2.24. The van der Waals surface area contributed by atoms with Gasteiger partial charge in [0, 0.05) is 6.26 Å². The number of carbonyl (C=O) groups excluding carboxylic acids is 1. The fourth-order valence-corrected chi connectivity index (χ4v) is 6.88. The van der Waals surface area contributed by atoms with Crippen LogP contribution in [0.3, 0.4) is 0 Å². The number of thiazole rings is 1. The number of fused-ring (bicyclic) bond motifs is 1. The normalized spacial score (nSPS) is 13.1. The largest absolute Gasteiger partial charge is 0.465 e. The van der Waals surface area contributed by atoms with Gasteiger partial charge in [0.2, 0.25) is 4.80 Å². The number of carbonyl (C=O) groups is 1. The summed E-state index contributed by atoms with van der Waals surface area (Å²) in [6, 6.07) is 7.12. The number of hydrogen-bond acceptors (Lipinski definition) is 8. The number of sulfone groups is 1. The topological polar surface area (TPSA) is 112 Å².